The van der Waals surface area contributed by atoms with E-state index >= 15 is 0 Å². The highest BCUT2D eigenvalue weighted by Crippen LogP contribution is 2.34. The zero-order chi connectivity index (χ0) is 20.1. The van der Waals surface area contributed by atoms with Crippen LogP contribution >= 0.6 is 0 Å². The number of carbonyl (C=O) groups excluding carboxylic acids is 1. The van der Waals surface area contributed by atoms with Gasteiger partial charge in [0, 0.05) is 6.04 Å². The lowest BCUT2D eigenvalue weighted by atomic mass is 10.1. The average Bonchev–Trinajstić information content (AvgIpc) is 2.69. The maximum atomic E-state index is 13.0. The fourth-order valence-electron chi connectivity index (χ4n) is 2.59. The number of rotatable bonds is 5. The Morgan fingerprint density at radius 1 is 0.964 bits per heavy atom. The molecule has 1 heterocycles. The Hall–Kier alpha value is -3.42. The lowest BCUT2D eigenvalue weighted by molar-refractivity contribution is -0.136. The molecule has 0 aliphatic heterocycles. The molecule has 3 rings (SSSR count). The predicted octanol–water partition coefficient (Wildman–Crippen LogP) is 4.92. The molecule has 0 saturated heterocycles. The Labute approximate surface area is 159 Å². The summed E-state index contributed by atoms with van der Waals surface area (Å²) < 4.78 is 39.1. The highest BCUT2D eigenvalue weighted by atomic mass is 19.4. The summed E-state index contributed by atoms with van der Waals surface area (Å²) in [5.74, 6) is -0.324. The molecule has 0 saturated carbocycles. The van der Waals surface area contributed by atoms with Gasteiger partial charge in [0.05, 0.1) is 23.6 Å². The first-order valence-electron chi connectivity index (χ1n) is 8.45. The van der Waals surface area contributed by atoms with Crippen LogP contribution in [0.3, 0.4) is 0 Å². The third-order valence-corrected chi connectivity index (χ3v) is 4.03. The van der Waals surface area contributed by atoms with Gasteiger partial charge in [0.1, 0.15) is 11.5 Å². The third kappa shape index (κ3) is 4.64. The standard InChI is InChI=1S/C20H17F3N4O/c1-13(14-7-3-2-4-8-14)26-18-12-24-17(11-25-18)19(28)27-16-10-6-5-9-15(16)20(21,22)23/h2-13H,1H3,(H,25,26)(H,27,28). The number of halogens is 3. The number of aromatic nitrogens is 2. The summed E-state index contributed by atoms with van der Waals surface area (Å²) in [4.78, 5) is 20.4. The summed E-state index contributed by atoms with van der Waals surface area (Å²) in [5.41, 5.74) is -0.294. The Morgan fingerprint density at radius 2 is 1.64 bits per heavy atom. The van der Waals surface area contributed by atoms with E-state index in [4.69, 9.17) is 0 Å². The summed E-state index contributed by atoms with van der Waals surface area (Å²) >= 11 is 0. The average molecular weight is 386 g/mol. The molecule has 5 nitrogen and oxygen atoms in total. The molecule has 0 aliphatic carbocycles. The van der Waals surface area contributed by atoms with Crippen LogP contribution in [0.25, 0.3) is 0 Å². The quantitative estimate of drug-likeness (QED) is 0.653. The molecule has 1 unspecified atom stereocenters. The number of nitrogens with zero attached hydrogens (tertiary/aromatic N) is 2. The number of carbonyl (C=O) groups is 1. The molecular weight excluding hydrogens is 369 g/mol. The van der Waals surface area contributed by atoms with Crippen molar-refractivity contribution < 1.29 is 18.0 Å². The number of alkyl halides is 3. The zero-order valence-electron chi connectivity index (χ0n) is 14.9. The molecule has 1 atom stereocenters. The van der Waals surface area contributed by atoms with Crippen molar-refractivity contribution >= 4 is 17.4 Å². The van der Waals surface area contributed by atoms with Crippen molar-refractivity contribution in [1.29, 1.82) is 0 Å². The minimum Gasteiger partial charge on any atom is -0.362 e. The molecule has 0 aliphatic rings. The molecule has 28 heavy (non-hydrogen) atoms. The van der Waals surface area contributed by atoms with Gasteiger partial charge < -0.3 is 10.6 Å². The summed E-state index contributed by atoms with van der Waals surface area (Å²) in [5, 5.41) is 5.39. The SMILES string of the molecule is CC(Nc1cnc(C(=O)Nc2ccccc2C(F)(F)F)cn1)c1ccccc1. The van der Waals surface area contributed by atoms with E-state index < -0.39 is 17.6 Å². The topological polar surface area (TPSA) is 66.9 Å². The van der Waals surface area contributed by atoms with E-state index in [9.17, 15) is 18.0 Å². The molecule has 1 aromatic heterocycles. The molecular formula is C20H17F3N4O. The second kappa shape index (κ2) is 8.08. The monoisotopic (exact) mass is 386 g/mol. The van der Waals surface area contributed by atoms with Crippen molar-refractivity contribution in [3.8, 4) is 0 Å². The molecule has 3 aromatic rings. The molecule has 0 spiro atoms. The van der Waals surface area contributed by atoms with Gasteiger partial charge in [0.15, 0.2) is 0 Å². The fourth-order valence-corrected chi connectivity index (χ4v) is 2.59. The largest absolute Gasteiger partial charge is 0.418 e. The molecule has 144 valence electrons. The molecule has 0 fully saturated rings. The second-order valence-electron chi connectivity index (χ2n) is 6.06. The Morgan fingerprint density at radius 3 is 2.29 bits per heavy atom. The van der Waals surface area contributed by atoms with E-state index in [-0.39, 0.29) is 17.4 Å². The van der Waals surface area contributed by atoms with Gasteiger partial charge in [-0.2, -0.15) is 13.2 Å². The number of anilines is 2. The first-order chi connectivity index (χ1) is 13.3. The zero-order valence-corrected chi connectivity index (χ0v) is 14.9. The molecule has 0 radical (unpaired) electrons. The lowest BCUT2D eigenvalue weighted by Crippen LogP contribution is -2.18. The van der Waals surface area contributed by atoms with Crippen molar-refractivity contribution in [2.45, 2.75) is 19.1 Å². The van der Waals surface area contributed by atoms with Crippen molar-refractivity contribution in [1.82, 2.24) is 9.97 Å². The van der Waals surface area contributed by atoms with Crippen LogP contribution in [0.2, 0.25) is 0 Å². The van der Waals surface area contributed by atoms with Crippen molar-refractivity contribution in [3.05, 3.63) is 83.8 Å². The van der Waals surface area contributed by atoms with Gasteiger partial charge in [-0.15, -0.1) is 0 Å². The highest BCUT2D eigenvalue weighted by Gasteiger charge is 2.33. The van der Waals surface area contributed by atoms with Crippen LogP contribution in [-0.4, -0.2) is 15.9 Å². The third-order valence-electron chi connectivity index (χ3n) is 4.03. The van der Waals surface area contributed by atoms with E-state index in [1.165, 1.54) is 30.6 Å². The van der Waals surface area contributed by atoms with E-state index in [0.29, 0.717) is 5.82 Å². The van der Waals surface area contributed by atoms with E-state index in [2.05, 4.69) is 20.6 Å². The van der Waals surface area contributed by atoms with E-state index in [1.807, 2.05) is 37.3 Å². The van der Waals surface area contributed by atoms with Crippen LogP contribution in [0.4, 0.5) is 24.7 Å². The van der Waals surface area contributed by atoms with Gasteiger partial charge in [0.2, 0.25) is 0 Å². The number of hydrogen-bond acceptors (Lipinski definition) is 4. The van der Waals surface area contributed by atoms with Crippen LogP contribution in [0, 0.1) is 0 Å². The van der Waals surface area contributed by atoms with Crippen LogP contribution in [0.15, 0.2) is 67.0 Å². The maximum Gasteiger partial charge on any atom is 0.418 e. The van der Waals surface area contributed by atoms with Crippen molar-refractivity contribution in [2.75, 3.05) is 10.6 Å². The number of hydrogen-bond donors (Lipinski definition) is 2. The summed E-state index contributed by atoms with van der Waals surface area (Å²) in [6, 6.07) is 14.4. The minimum atomic E-state index is -4.57. The summed E-state index contributed by atoms with van der Waals surface area (Å²) in [6.45, 7) is 1.95. The van der Waals surface area contributed by atoms with Crippen LogP contribution in [-0.2, 0) is 6.18 Å². The molecule has 1 amide bonds. The summed E-state index contributed by atoms with van der Waals surface area (Å²) in [6.07, 6.45) is -1.99. The Kier molecular flexibility index (Phi) is 5.58. The van der Waals surface area contributed by atoms with Crippen molar-refractivity contribution in [3.63, 3.8) is 0 Å². The number of amides is 1. The van der Waals surface area contributed by atoms with Gasteiger partial charge in [-0.05, 0) is 24.6 Å². The first kappa shape index (κ1) is 19.3. The molecule has 8 heteroatoms. The molecule has 2 N–H and O–H groups in total. The van der Waals surface area contributed by atoms with E-state index in [1.54, 1.807) is 0 Å². The smallest absolute Gasteiger partial charge is 0.362 e. The van der Waals surface area contributed by atoms with Gasteiger partial charge >= 0.3 is 6.18 Å². The van der Waals surface area contributed by atoms with Crippen LogP contribution < -0.4 is 10.6 Å². The highest BCUT2D eigenvalue weighted by molar-refractivity contribution is 6.03. The second-order valence-corrected chi connectivity index (χ2v) is 6.06. The fraction of sp³-hybridized carbons (Fsp3) is 0.150. The minimum absolute atomic E-state index is 0.0335. The van der Waals surface area contributed by atoms with Gasteiger partial charge in [-0.25, -0.2) is 9.97 Å². The molecule has 2 aromatic carbocycles. The lowest BCUT2D eigenvalue weighted by Gasteiger charge is -2.15. The van der Waals surface area contributed by atoms with Gasteiger partial charge in [-0.3, -0.25) is 4.79 Å². The number of benzene rings is 2. The van der Waals surface area contributed by atoms with Crippen LogP contribution in [0.5, 0.6) is 0 Å². The van der Waals surface area contributed by atoms with Gasteiger partial charge in [-0.1, -0.05) is 42.5 Å². The Bertz CT molecular complexity index is 944. The maximum absolute atomic E-state index is 13.0. The number of para-hydroxylation sites is 1. The van der Waals surface area contributed by atoms with Crippen LogP contribution in [0.1, 0.15) is 34.6 Å². The van der Waals surface area contributed by atoms with E-state index in [0.717, 1.165) is 11.6 Å². The van der Waals surface area contributed by atoms with Crippen molar-refractivity contribution in [2.24, 2.45) is 0 Å². The Balaban J connectivity index is 1.69. The van der Waals surface area contributed by atoms with Gasteiger partial charge in [0.25, 0.3) is 5.91 Å². The normalized spacial score (nSPS) is 12.3. The first-order valence-corrected chi connectivity index (χ1v) is 8.45. The predicted molar refractivity (Wildman–Crippen MR) is 99.9 cm³/mol. The number of nitrogens with one attached hydrogen (secondary N) is 2. The molecule has 0 bridgehead atoms. The summed E-state index contributed by atoms with van der Waals surface area (Å²) in [7, 11) is 0.